The van der Waals surface area contributed by atoms with Gasteiger partial charge >= 0.3 is 0 Å². The normalized spacial score (nSPS) is 11.9. The summed E-state index contributed by atoms with van der Waals surface area (Å²) in [4.78, 5) is 2.35. The molecular weight excluding hydrogens is 348 g/mol. The van der Waals surface area contributed by atoms with Crippen LogP contribution >= 0.6 is 0 Å². The van der Waals surface area contributed by atoms with E-state index in [-0.39, 0.29) is 10.6 Å². The zero-order valence-electron chi connectivity index (χ0n) is 14.4. The van der Waals surface area contributed by atoms with Gasteiger partial charge in [0.25, 0.3) is 10.0 Å². The number of sulfonamides is 1. The minimum Gasteiger partial charge on any atom is -0.507 e. The summed E-state index contributed by atoms with van der Waals surface area (Å²) < 4.78 is 24.7. The molecule has 3 aromatic rings. The van der Waals surface area contributed by atoms with Crippen molar-refractivity contribution < 1.29 is 13.5 Å². The summed E-state index contributed by atoms with van der Waals surface area (Å²) in [5.74, 6) is 0.0376. The number of hydrogen-bond donors (Lipinski definition) is 2. The number of rotatable bonds is 6. The Bertz CT molecular complexity index is 1040. The molecule has 0 radical (unpaired) electrons. The lowest BCUT2D eigenvalue weighted by Crippen LogP contribution is -2.18. The standard InChI is InChI=1S/C20H20N2O3S/c1-2-5-15-8-11-17(12-9-15)26(24,25)22-21-14-19-18-7-4-3-6-16(18)10-13-20(19)23/h3-4,6-14,22-23H,2,5H2,1H3/b21-14-. The molecule has 0 amide bonds. The summed E-state index contributed by atoms with van der Waals surface area (Å²) in [5.41, 5.74) is 1.56. The largest absolute Gasteiger partial charge is 0.507 e. The van der Waals surface area contributed by atoms with Crippen LogP contribution in [0.25, 0.3) is 10.8 Å². The van der Waals surface area contributed by atoms with E-state index in [9.17, 15) is 13.5 Å². The lowest BCUT2D eigenvalue weighted by Gasteiger charge is -2.06. The van der Waals surface area contributed by atoms with Crippen LogP contribution < -0.4 is 4.83 Å². The quantitative estimate of drug-likeness (QED) is 0.513. The van der Waals surface area contributed by atoms with Gasteiger partial charge in [0.15, 0.2) is 0 Å². The highest BCUT2D eigenvalue weighted by molar-refractivity contribution is 7.89. The van der Waals surface area contributed by atoms with Crippen molar-refractivity contribution in [2.24, 2.45) is 5.10 Å². The minimum absolute atomic E-state index is 0.0376. The molecule has 0 bridgehead atoms. The first-order chi connectivity index (χ1) is 12.5. The summed E-state index contributed by atoms with van der Waals surface area (Å²) in [7, 11) is -3.76. The Morgan fingerprint density at radius 1 is 1.04 bits per heavy atom. The van der Waals surface area contributed by atoms with Crippen molar-refractivity contribution in [1.29, 1.82) is 0 Å². The van der Waals surface area contributed by atoms with E-state index in [4.69, 9.17) is 0 Å². The molecule has 0 spiro atoms. The van der Waals surface area contributed by atoms with Crippen molar-refractivity contribution in [3.63, 3.8) is 0 Å². The highest BCUT2D eigenvalue weighted by Gasteiger charge is 2.12. The lowest BCUT2D eigenvalue weighted by molar-refractivity contribution is 0.475. The van der Waals surface area contributed by atoms with Gasteiger partial charge in [-0.05, 0) is 41.0 Å². The second-order valence-electron chi connectivity index (χ2n) is 5.97. The zero-order valence-corrected chi connectivity index (χ0v) is 15.2. The first-order valence-electron chi connectivity index (χ1n) is 8.36. The molecule has 0 aromatic heterocycles. The number of benzene rings is 3. The van der Waals surface area contributed by atoms with Crippen molar-refractivity contribution in [3.05, 3.63) is 71.8 Å². The van der Waals surface area contributed by atoms with Gasteiger partial charge in [-0.15, -0.1) is 0 Å². The van der Waals surface area contributed by atoms with Crippen LogP contribution in [0.1, 0.15) is 24.5 Å². The van der Waals surface area contributed by atoms with Crippen LogP contribution in [0.4, 0.5) is 0 Å². The molecule has 0 heterocycles. The predicted molar refractivity (Wildman–Crippen MR) is 104 cm³/mol. The van der Waals surface area contributed by atoms with Crippen molar-refractivity contribution in [2.75, 3.05) is 0 Å². The fourth-order valence-corrected chi connectivity index (χ4v) is 3.55. The Kier molecular flexibility index (Phi) is 5.23. The third kappa shape index (κ3) is 3.86. The molecule has 0 aliphatic heterocycles. The van der Waals surface area contributed by atoms with Gasteiger partial charge in [-0.25, -0.2) is 4.83 Å². The van der Waals surface area contributed by atoms with Crippen LogP contribution in [0.5, 0.6) is 5.75 Å². The van der Waals surface area contributed by atoms with E-state index in [1.54, 1.807) is 36.4 Å². The van der Waals surface area contributed by atoms with Crippen LogP contribution in [0.3, 0.4) is 0 Å². The highest BCUT2D eigenvalue weighted by atomic mass is 32.2. The number of phenols is 1. The van der Waals surface area contributed by atoms with Crippen molar-refractivity contribution in [1.82, 2.24) is 4.83 Å². The summed E-state index contributed by atoms with van der Waals surface area (Å²) >= 11 is 0. The molecule has 0 saturated heterocycles. The number of nitrogens with zero attached hydrogens (tertiary/aromatic N) is 1. The fourth-order valence-electron chi connectivity index (χ4n) is 2.76. The number of hydrogen-bond acceptors (Lipinski definition) is 4. The van der Waals surface area contributed by atoms with Gasteiger partial charge in [-0.3, -0.25) is 0 Å². The van der Waals surface area contributed by atoms with Crippen molar-refractivity contribution in [3.8, 4) is 5.75 Å². The molecule has 2 N–H and O–H groups in total. The monoisotopic (exact) mass is 368 g/mol. The predicted octanol–water partition coefficient (Wildman–Crippen LogP) is 3.81. The molecule has 0 atom stereocenters. The number of aromatic hydroxyl groups is 1. The van der Waals surface area contributed by atoms with Crippen LogP contribution in [-0.4, -0.2) is 19.7 Å². The maximum atomic E-state index is 12.4. The Hall–Kier alpha value is -2.86. The molecule has 0 aliphatic carbocycles. The van der Waals surface area contributed by atoms with Gasteiger partial charge in [0.05, 0.1) is 11.1 Å². The average molecular weight is 368 g/mol. The van der Waals surface area contributed by atoms with Crippen molar-refractivity contribution in [2.45, 2.75) is 24.7 Å². The van der Waals surface area contributed by atoms with E-state index < -0.39 is 10.0 Å². The smallest absolute Gasteiger partial charge is 0.276 e. The average Bonchev–Trinajstić information content (AvgIpc) is 2.64. The Morgan fingerprint density at radius 2 is 1.77 bits per heavy atom. The van der Waals surface area contributed by atoms with E-state index >= 15 is 0 Å². The molecule has 0 saturated carbocycles. The third-order valence-electron chi connectivity index (χ3n) is 4.09. The van der Waals surface area contributed by atoms with Gasteiger partial charge in [-0.1, -0.05) is 55.8 Å². The van der Waals surface area contributed by atoms with Crippen molar-refractivity contribution >= 4 is 27.0 Å². The lowest BCUT2D eigenvalue weighted by atomic mass is 10.0. The van der Waals surface area contributed by atoms with Gasteiger partial charge in [0.2, 0.25) is 0 Å². The van der Waals surface area contributed by atoms with Gasteiger partial charge in [-0.2, -0.15) is 13.5 Å². The van der Waals surface area contributed by atoms with E-state index in [0.717, 1.165) is 29.2 Å². The number of nitrogens with one attached hydrogen (secondary N) is 1. The van der Waals surface area contributed by atoms with Crippen LogP contribution in [0.15, 0.2) is 70.7 Å². The van der Waals surface area contributed by atoms with E-state index in [1.807, 2.05) is 24.3 Å². The minimum atomic E-state index is -3.76. The molecule has 0 unspecified atom stereocenters. The number of aryl methyl sites for hydroxylation is 1. The third-order valence-corrected chi connectivity index (χ3v) is 5.33. The first kappa shape index (κ1) is 17.9. The second-order valence-corrected chi connectivity index (χ2v) is 7.63. The van der Waals surface area contributed by atoms with Gasteiger partial charge < -0.3 is 5.11 Å². The first-order valence-corrected chi connectivity index (χ1v) is 9.84. The molecule has 3 rings (SSSR count). The number of phenolic OH excluding ortho intramolecular Hbond substituents is 1. The Labute approximate surface area is 153 Å². The summed E-state index contributed by atoms with van der Waals surface area (Å²) in [6, 6.07) is 17.6. The number of fused-ring (bicyclic) bond motifs is 1. The summed E-state index contributed by atoms with van der Waals surface area (Å²) in [6.07, 6.45) is 3.23. The molecule has 0 fully saturated rings. The van der Waals surface area contributed by atoms with Crippen LogP contribution in [0.2, 0.25) is 0 Å². The highest BCUT2D eigenvalue weighted by Crippen LogP contribution is 2.25. The summed E-state index contributed by atoms with van der Waals surface area (Å²) in [5, 5.41) is 15.6. The fraction of sp³-hybridized carbons (Fsp3) is 0.150. The van der Waals surface area contributed by atoms with E-state index in [0.29, 0.717) is 5.56 Å². The molecule has 5 nitrogen and oxygen atoms in total. The molecular formula is C20H20N2O3S. The van der Waals surface area contributed by atoms with Crippen LogP contribution in [-0.2, 0) is 16.4 Å². The summed E-state index contributed by atoms with van der Waals surface area (Å²) in [6.45, 7) is 2.07. The van der Waals surface area contributed by atoms with Crippen LogP contribution in [0, 0.1) is 0 Å². The SMILES string of the molecule is CCCc1ccc(S(=O)(=O)N/N=C\c2c(O)ccc3ccccc23)cc1. The zero-order chi connectivity index (χ0) is 18.6. The second kappa shape index (κ2) is 7.58. The van der Waals surface area contributed by atoms with E-state index in [2.05, 4.69) is 16.9 Å². The maximum absolute atomic E-state index is 12.4. The van der Waals surface area contributed by atoms with E-state index in [1.165, 1.54) is 6.21 Å². The molecule has 6 heteroatoms. The Balaban J connectivity index is 1.83. The molecule has 3 aromatic carbocycles. The maximum Gasteiger partial charge on any atom is 0.276 e. The molecule has 26 heavy (non-hydrogen) atoms. The molecule has 0 aliphatic rings. The van der Waals surface area contributed by atoms with Gasteiger partial charge in [0.1, 0.15) is 5.75 Å². The Morgan fingerprint density at radius 3 is 2.50 bits per heavy atom. The topological polar surface area (TPSA) is 78.8 Å². The molecule has 134 valence electrons. The van der Waals surface area contributed by atoms with Gasteiger partial charge in [0, 0.05) is 5.56 Å². The number of hydrazone groups is 1.